The summed E-state index contributed by atoms with van der Waals surface area (Å²) in [5.74, 6) is 0.175. The lowest BCUT2D eigenvalue weighted by atomic mass is 10.1. The Morgan fingerprint density at radius 2 is 2.29 bits per heavy atom. The minimum absolute atomic E-state index is 0.169. The molecule has 1 unspecified atom stereocenters. The highest BCUT2D eigenvalue weighted by Crippen LogP contribution is 2.22. The summed E-state index contributed by atoms with van der Waals surface area (Å²) in [7, 11) is 0. The Labute approximate surface area is 99.7 Å². The van der Waals surface area contributed by atoms with Gasteiger partial charge in [0.2, 0.25) is 5.95 Å². The molecular formula is C12H18N4O. The number of hydrogen-bond acceptors (Lipinski definition) is 3. The molecule has 5 nitrogen and oxygen atoms in total. The fourth-order valence-corrected chi connectivity index (χ4v) is 2.23. The molecule has 2 rings (SSSR count). The molecule has 0 aliphatic carbocycles. The number of hydrogen-bond donors (Lipinski definition) is 2. The first-order chi connectivity index (χ1) is 8.17. The average Bonchev–Trinajstić information content (AvgIpc) is 2.69. The minimum Gasteiger partial charge on any atom is -0.369 e. The Hall–Kier alpha value is -1.78. The van der Waals surface area contributed by atoms with Crippen LogP contribution >= 0.6 is 0 Å². The Kier molecular flexibility index (Phi) is 3.17. The fraction of sp³-hybridized carbons (Fsp3) is 0.500. The zero-order chi connectivity index (χ0) is 12.4. The lowest BCUT2D eigenvalue weighted by molar-refractivity contribution is 0.458. The lowest BCUT2D eigenvalue weighted by Crippen LogP contribution is -2.13. The average molecular weight is 234 g/mol. The molecular weight excluding hydrogens is 216 g/mol. The van der Waals surface area contributed by atoms with Crippen molar-refractivity contribution in [1.82, 2.24) is 14.5 Å². The highest BCUT2D eigenvalue weighted by Gasteiger charge is 2.13. The number of anilines is 1. The second-order valence-electron chi connectivity index (χ2n) is 4.26. The molecule has 2 aromatic heterocycles. The SMILES string of the molecule is CCCC(CC)n1ccc2c(=O)[nH]c(N)nc21. The van der Waals surface area contributed by atoms with E-state index in [4.69, 9.17) is 5.73 Å². The van der Waals surface area contributed by atoms with Crippen LogP contribution in [0.15, 0.2) is 17.1 Å². The molecule has 2 aromatic rings. The van der Waals surface area contributed by atoms with Gasteiger partial charge in [-0.25, -0.2) is 0 Å². The van der Waals surface area contributed by atoms with Crippen LogP contribution in [-0.4, -0.2) is 14.5 Å². The van der Waals surface area contributed by atoms with Gasteiger partial charge in [0.25, 0.3) is 5.56 Å². The molecule has 0 radical (unpaired) electrons. The lowest BCUT2D eigenvalue weighted by Gasteiger charge is -2.16. The summed E-state index contributed by atoms with van der Waals surface area (Å²) < 4.78 is 2.06. The molecule has 92 valence electrons. The van der Waals surface area contributed by atoms with E-state index in [1.165, 1.54) is 0 Å². The van der Waals surface area contributed by atoms with E-state index in [0.29, 0.717) is 17.1 Å². The molecule has 0 bridgehead atoms. The van der Waals surface area contributed by atoms with Crippen molar-refractivity contribution in [3.63, 3.8) is 0 Å². The van der Waals surface area contributed by atoms with Crippen molar-refractivity contribution in [3.05, 3.63) is 22.6 Å². The van der Waals surface area contributed by atoms with Crippen molar-refractivity contribution in [2.24, 2.45) is 0 Å². The number of nitrogens with one attached hydrogen (secondary N) is 1. The molecule has 0 spiro atoms. The van der Waals surface area contributed by atoms with Gasteiger partial charge in [-0.1, -0.05) is 20.3 Å². The molecule has 1 atom stereocenters. The molecule has 0 aromatic carbocycles. The second-order valence-corrected chi connectivity index (χ2v) is 4.26. The first-order valence-electron chi connectivity index (χ1n) is 6.03. The van der Waals surface area contributed by atoms with Gasteiger partial charge in [0.15, 0.2) is 0 Å². The maximum absolute atomic E-state index is 11.7. The number of fused-ring (bicyclic) bond motifs is 1. The van der Waals surface area contributed by atoms with Gasteiger partial charge in [-0.3, -0.25) is 9.78 Å². The molecule has 0 fully saturated rings. The summed E-state index contributed by atoms with van der Waals surface area (Å²) in [6, 6.07) is 2.19. The van der Waals surface area contributed by atoms with Crippen molar-refractivity contribution in [2.45, 2.75) is 39.2 Å². The third-order valence-electron chi connectivity index (χ3n) is 3.09. The van der Waals surface area contributed by atoms with Gasteiger partial charge in [-0.15, -0.1) is 0 Å². The Balaban J connectivity index is 2.58. The maximum Gasteiger partial charge on any atom is 0.261 e. The molecule has 5 heteroatoms. The van der Waals surface area contributed by atoms with Crippen molar-refractivity contribution in [3.8, 4) is 0 Å². The van der Waals surface area contributed by atoms with Gasteiger partial charge < -0.3 is 10.3 Å². The molecule has 0 amide bonds. The molecule has 0 saturated heterocycles. The van der Waals surface area contributed by atoms with Crippen LogP contribution in [0.2, 0.25) is 0 Å². The first kappa shape index (κ1) is 11.7. The Bertz CT molecular complexity index is 569. The number of aromatic nitrogens is 3. The quantitative estimate of drug-likeness (QED) is 0.850. The van der Waals surface area contributed by atoms with E-state index < -0.39 is 0 Å². The summed E-state index contributed by atoms with van der Waals surface area (Å²) in [4.78, 5) is 18.4. The number of nitrogens with two attached hydrogens (primary N) is 1. The molecule has 17 heavy (non-hydrogen) atoms. The molecule has 2 heterocycles. The van der Waals surface area contributed by atoms with Gasteiger partial charge in [0.05, 0.1) is 5.39 Å². The highest BCUT2D eigenvalue weighted by atomic mass is 16.1. The van der Waals surface area contributed by atoms with Crippen LogP contribution in [-0.2, 0) is 0 Å². The van der Waals surface area contributed by atoms with Gasteiger partial charge in [0.1, 0.15) is 5.65 Å². The summed E-state index contributed by atoms with van der Waals surface area (Å²) in [6.45, 7) is 4.30. The molecule has 0 aliphatic rings. The van der Waals surface area contributed by atoms with Crippen molar-refractivity contribution in [1.29, 1.82) is 0 Å². The smallest absolute Gasteiger partial charge is 0.261 e. The minimum atomic E-state index is -0.169. The maximum atomic E-state index is 11.7. The van der Waals surface area contributed by atoms with Crippen LogP contribution < -0.4 is 11.3 Å². The van der Waals surface area contributed by atoms with E-state index in [-0.39, 0.29) is 11.5 Å². The van der Waals surface area contributed by atoms with Crippen LogP contribution in [0.5, 0.6) is 0 Å². The standard InChI is InChI=1S/C12H18N4O/c1-3-5-8(4-2)16-7-6-9-10(16)14-12(13)15-11(9)17/h6-8H,3-5H2,1-2H3,(H3,13,14,15,17). The normalized spacial score (nSPS) is 13.1. The predicted octanol–water partition coefficient (Wildman–Crippen LogP) is 2.06. The van der Waals surface area contributed by atoms with Gasteiger partial charge in [-0.2, -0.15) is 4.98 Å². The Morgan fingerprint density at radius 3 is 2.94 bits per heavy atom. The van der Waals surface area contributed by atoms with E-state index in [9.17, 15) is 4.79 Å². The van der Waals surface area contributed by atoms with Gasteiger partial charge >= 0.3 is 0 Å². The molecule has 3 N–H and O–H groups in total. The zero-order valence-corrected chi connectivity index (χ0v) is 10.2. The van der Waals surface area contributed by atoms with E-state index in [2.05, 4.69) is 28.4 Å². The van der Waals surface area contributed by atoms with Crippen molar-refractivity contribution < 1.29 is 0 Å². The van der Waals surface area contributed by atoms with Crippen LogP contribution in [0.3, 0.4) is 0 Å². The number of rotatable bonds is 4. The number of H-pyrrole nitrogens is 1. The first-order valence-corrected chi connectivity index (χ1v) is 6.03. The third-order valence-corrected chi connectivity index (χ3v) is 3.09. The van der Waals surface area contributed by atoms with E-state index in [1.54, 1.807) is 6.07 Å². The third kappa shape index (κ3) is 2.05. The van der Waals surface area contributed by atoms with Gasteiger partial charge in [-0.05, 0) is 18.9 Å². The van der Waals surface area contributed by atoms with Crippen LogP contribution in [0.4, 0.5) is 5.95 Å². The second kappa shape index (κ2) is 4.61. The molecule has 0 saturated carbocycles. The van der Waals surface area contributed by atoms with E-state index >= 15 is 0 Å². The fourth-order valence-electron chi connectivity index (χ4n) is 2.23. The number of nitrogens with zero attached hydrogens (tertiary/aromatic N) is 2. The highest BCUT2D eigenvalue weighted by molar-refractivity contribution is 5.76. The number of nitrogen functional groups attached to an aromatic ring is 1. The van der Waals surface area contributed by atoms with Crippen molar-refractivity contribution >= 4 is 17.0 Å². The van der Waals surface area contributed by atoms with Crippen LogP contribution in [0.25, 0.3) is 11.0 Å². The summed E-state index contributed by atoms with van der Waals surface area (Å²) in [5, 5.41) is 0.605. The Morgan fingerprint density at radius 1 is 1.53 bits per heavy atom. The summed E-state index contributed by atoms with van der Waals surface area (Å²) in [5.41, 5.74) is 6.11. The van der Waals surface area contributed by atoms with E-state index in [0.717, 1.165) is 19.3 Å². The van der Waals surface area contributed by atoms with Crippen molar-refractivity contribution in [2.75, 3.05) is 5.73 Å². The van der Waals surface area contributed by atoms with Crippen LogP contribution in [0, 0.1) is 0 Å². The zero-order valence-electron chi connectivity index (χ0n) is 10.2. The monoisotopic (exact) mass is 234 g/mol. The summed E-state index contributed by atoms with van der Waals surface area (Å²) >= 11 is 0. The predicted molar refractivity (Wildman–Crippen MR) is 69.0 cm³/mol. The summed E-state index contributed by atoms with van der Waals surface area (Å²) in [6.07, 6.45) is 5.13. The van der Waals surface area contributed by atoms with Gasteiger partial charge in [0, 0.05) is 12.2 Å². The van der Waals surface area contributed by atoms with Crippen LogP contribution in [0.1, 0.15) is 39.2 Å². The largest absolute Gasteiger partial charge is 0.369 e. The topological polar surface area (TPSA) is 76.7 Å². The van der Waals surface area contributed by atoms with E-state index in [1.807, 2.05) is 6.20 Å². The number of aromatic amines is 1. The molecule has 0 aliphatic heterocycles.